The quantitative estimate of drug-likeness (QED) is 0.757. The van der Waals surface area contributed by atoms with Crippen molar-refractivity contribution in [2.45, 2.75) is 43.9 Å². The summed E-state index contributed by atoms with van der Waals surface area (Å²) in [5.74, 6) is 6.25. The summed E-state index contributed by atoms with van der Waals surface area (Å²) in [6.45, 7) is 3.45. The molecule has 2 aliphatic rings. The number of carbonyl (C=O) groups excluding carboxylic acids is 1. The second kappa shape index (κ2) is 10.00. The van der Waals surface area contributed by atoms with Crippen LogP contribution in [0.2, 0.25) is 0 Å². The van der Waals surface area contributed by atoms with Gasteiger partial charge in [-0.25, -0.2) is 0 Å². The third-order valence-corrected chi connectivity index (χ3v) is 6.28. The molecule has 1 spiro atoms. The summed E-state index contributed by atoms with van der Waals surface area (Å²) in [6, 6.07) is 17.8. The molecule has 31 heavy (non-hydrogen) atoms. The van der Waals surface area contributed by atoms with Crippen molar-refractivity contribution in [1.82, 2.24) is 10.2 Å². The summed E-state index contributed by atoms with van der Waals surface area (Å²) in [4.78, 5) is 14.5. The zero-order valence-corrected chi connectivity index (χ0v) is 18.1. The fourth-order valence-corrected chi connectivity index (χ4v) is 4.50. The summed E-state index contributed by atoms with van der Waals surface area (Å²) in [6.07, 6.45) is 4.18. The van der Waals surface area contributed by atoms with Crippen LogP contribution in [0.5, 0.6) is 5.75 Å². The molecule has 0 aromatic heterocycles. The lowest BCUT2D eigenvalue weighted by Gasteiger charge is -2.39. The van der Waals surface area contributed by atoms with Crippen molar-refractivity contribution >= 4 is 5.91 Å². The molecule has 1 unspecified atom stereocenters. The number of para-hydroxylation sites is 1. The van der Waals surface area contributed by atoms with Gasteiger partial charge in [-0.05, 0) is 43.9 Å². The number of ether oxygens (including phenoxy) is 2. The standard InChI is InChI=1S/C26H30N2O3/c1-30-24-10-6-5-9-22(24)20-28-17-15-26(16-18-28)14-13-23(31-26)19-27-25(29)12-11-21-7-3-2-4-8-21/h2-10,23H,13-20H2,1H3,(H,27,29). The number of benzene rings is 2. The number of methoxy groups -OCH3 is 1. The average Bonchev–Trinajstić information content (AvgIpc) is 3.21. The van der Waals surface area contributed by atoms with E-state index in [2.05, 4.69) is 34.2 Å². The highest BCUT2D eigenvalue weighted by atomic mass is 16.5. The fraction of sp³-hybridized carbons (Fsp3) is 0.423. The molecule has 2 aromatic rings. The molecule has 0 bridgehead atoms. The maximum Gasteiger partial charge on any atom is 0.296 e. The molecule has 0 radical (unpaired) electrons. The van der Waals surface area contributed by atoms with Crippen LogP contribution in [-0.4, -0.2) is 49.3 Å². The van der Waals surface area contributed by atoms with E-state index in [4.69, 9.17) is 9.47 Å². The van der Waals surface area contributed by atoms with E-state index in [1.54, 1.807) is 7.11 Å². The van der Waals surface area contributed by atoms with Crippen LogP contribution in [0.4, 0.5) is 0 Å². The van der Waals surface area contributed by atoms with Crippen LogP contribution in [0.15, 0.2) is 54.6 Å². The molecule has 1 amide bonds. The van der Waals surface area contributed by atoms with Crippen molar-refractivity contribution in [3.63, 3.8) is 0 Å². The Hall–Kier alpha value is -2.81. The fourth-order valence-electron chi connectivity index (χ4n) is 4.50. The number of carbonyl (C=O) groups is 1. The molecular weight excluding hydrogens is 388 g/mol. The number of likely N-dealkylation sites (tertiary alicyclic amines) is 1. The SMILES string of the molecule is COc1ccccc1CN1CCC2(CCC(CNC(=O)C#Cc3ccccc3)O2)CC1. The summed E-state index contributed by atoms with van der Waals surface area (Å²) >= 11 is 0. The van der Waals surface area contributed by atoms with Crippen LogP contribution in [0.25, 0.3) is 0 Å². The first-order valence-corrected chi connectivity index (χ1v) is 11.0. The van der Waals surface area contributed by atoms with Crippen molar-refractivity contribution < 1.29 is 14.3 Å². The molecule has 2 aromatic carbocycles. The van der Waals surface area contributed by atoms with E-state index in [1.165, 1.54) is 5.56 Å². The predicted molar refractivity (Wildman–Crippen MR) is 121 cm³/mol. The third kappa shape index (κ3) is 5.66. The maximum atomic E-state index is 12.1. The Bertz CT molecular complexity index is 940. The molecule has 1 atom stereocenters. The van der Waals surface area contributed by atoms with Gasteiger partial charge in [0.25, 0.3) is 5.91 Å². The summed E-state index contributed by atoms with van der Waals surface area (Å²) in [5.41, 5.74) is 2.03. The molecule has 5 heteroatoms. The van der Waals surface area contributed by atoms with Gasteiger partial charge in [-0.3, -0.25) is 9.69 Å². The summed E-state index contributed by atoms with van der Waals surface area (Å²) in [5, 5.41) is 2.91. The van der Waals surface area contributed by atoms with E-state index >= 15 is 0 Å². The zero-order valence-electron chi connectivity index (χ0n) is 18.1. The van der Waals surface area contributed by atoms with E-state index in [0.29, 0.717) is 6.54 Å². The van der Waals surface area contributed by atoms with Crippen molar-refractivity contribution in [1.29, 1.82) is 0 Å². The molecule has 0 aliphatic carbocycles. The van der Waals surface area contributed by atoms with Crippen LogP contribution >= 0.6 is 0 Å². The Morgan fingerprint density at radius 3 is 2.65 bits per heavy atom. The lowest BCUT2D eigenvalue weighted by Crippen LogP contribution is -2.44. The number of hydrogen-bond donors (Lipinski definition) is 1. The lowest BCUT2D eigenvalue weighted by atomic mass is 9.88. The molecule has 2 aliphatic heterocycles. The minimum Gasteiger partial charge on any atom is -0.496 e. The van der Waals surface area contributed by atoms with Crippen LogP contribution < -0.4 is 10.1 Å². The highest BCUT2D eigenvalue weighted by Gasteiger charge is 2.42. The lowest BCUT2D eigenvalue weighted by molar-refractivity contribution is -0.117. The van der Waals surface area contributed by atoms with Crippen molar-refractivity contribution in [2.75, 3.05) is 26.7 Å². The van der Waals surface area contributed by atoms with Gasteiger partial charge in [-0.1, -0.05) is 42.3 Å². The largest absolute Gasteiger partial charge is 0.496 e. The monoisotopic (exact) mass is 418 g/mol. The summed E-state index contributed by atoms with van der Waals surface area (Å²) in [7, 11) is 1.72. The zero-order chi connectivity index (χ0) is 21.5. The van der Waals surface area contributed by atoms with Crippen LogP contribution in [-0.2, 0) is 16.1 Å². The first-order valence-electron chi connectivity index (χ1n) is 11.0. The Kier molecular flexibility index (Phi) is 6.91. The average molecular weight is 419 g/mol. The Balaban J connectivity index is 1.22. The maximum absolute atomic E-state index is 12.1. The second-order valence-corrected chi connectivity index (χ2v) is 8.38. The van der Waals surface area contributed by atoms with Gasteiger partial charge in [0.15, 0.2) is 0 Å². The molecule has 0 saturated carbocycles. The van der Waals surface area contributed by atoms with Gasteiger partial charge >= 0.3 is 0 Å². The first-order chi connectivity index (χ1) is 15.2. The van der Waals surface area contributed by atoms with Crippen LogP contribution in [0, 0.1) is 11.8 Å². The number of nitrogens with zero attached hydrogens (tertiary/aromatic N) is 1. The molecule has 2 fully saturated rings. The topological polar surface area (TPSA) is 50.8 Å². The highest BCUT2D eigenvalue weighted by Crippen LogP contribution is 2.39. The molecule has 1 N–H and O–H groups in total. The van der Waals surface area contributed by atoms with Crippen molar-refractivity contribution in [3.05, 3.63) is 65.7 Å². The van der Waals surface area contributed by atoms with Crippen LogP contribution in [0.3, 0.4) is 0 Å². The van der Waals surface area contributed by atoms with E-state index in [1.807, 2.05) is 42.5 Å². The van der Waals surface area contributed by atoms with Crippen LogP contribution in [0.1, 0.15) is 36.8 Å². The molecule has 162 valence electrons. The Labute approximate surface area is 184 Å². The number of amides is 1. The molecule has 4 rings (SSSR count). The third-order valence-electron chi connectivity index (χ3n) is 6.28. The molecular formula is C26H30N2O3. The van der Waals surface area contributed by atoms with Gasteiger partial charge in [0, 0.05) is 43.2 Å². The van der Waals surface area contributed by atoms with Gasteiger partial charge in [0.05, 0.1) is 18.8 Å². The Morgan fingerprint density at radius 2 is 1.87 bits per heavy atom. The predicted octanol–water partition coefficient (Wildman–Crippen LogP) is 3.38. The van der Waals surface area contributed by atoms with Crippen molar-refractivity contribution in [2.24, 2.45) is 0 Å². The second-order valence-electron chi connectivity index (χ2n) is 8.38. The number of hydrogen-bond acceptors (Lipinski definition) is 4. The van der Waals surface area contributed by atoms with E-state index in [9.17, 15) is 4.79 Å². The highest BCUT2D eigenvalue weighted by molar-refractivity contribution is 5.94. The first kappa shape index (κ1) is 21.4. The van der Waals surface area contributed by atoms with Gasteiger partial charge in [-0.15, -0.1) is 0 Å². The summed E-state index contributed by atoms with van der Waals surface area (Å²) < 4.78 is 11.9. The van der Waals surface area contributed by atoms with E-state index < -0.39 is 0 Å². The van der Waals surface area contributed by atoms with Gasteiger partial charge < -0.3 is 14.8 Å². The van der Waals surface area contributed by atoms with E-state index in [0.717, 1.165) is 56.6 Å². The molecule has 2 saturated heterocycles. The number of rotatable bonds is 5. The van der Waals surface area contributed by atoms with E-state index in [-0.39, 0.29) is 17.6 Å². The normalized spacial score (nSPS) is 20.1. The van der Waals surface area contributed by atoms with Gasteiger partial charge in [0.2, 0.25) is 0 Å². The number of nitrogens with one attached hydrogen (secondary N) is 1. The minimum absolute atomic E-state index is 0.0393. The number of piperidine rings is 1. The van der Waals surface area contributed by atoms with Gasteiger partial charge in [0.1, 0.15) is 5.75 Å². The molecule has 5 nitrogen and oxygen atoms in total. The smallest absolute Gasteiger partial charge is 0.296 e. The van der Waals surface area contributed by atoms with Gasteiger partial charge in [-0.2, -0.15) is 0 Å². The van der Waals surface area contributed by atoms with Crippen molar-refractivity contribution in [3.8, 4) is 17.6 Å². The minimum atomic E-state index is -0.250. The Morgan fingerprint density at radius 1 is 1.13 bits per heavy atom. The molecule has 2 heterocycles.